The lowest BCUT2D eigenvalue weighted by atomic mass is 9.96. The molecule has 2 heterocycles. The lowest BCUT2D eigenvalue weighted by Gasteiger charge is -2.18. The Morgan fingerprint density at radius 2 is 1.93 bits per heavy atom. The molecule has 2 aliphatic rings. The van der Waals surface area contributed by atoms with Gasteiger partial charge in [-0.25, -0.2) is 0 Å². The number of carbonyl (C=O) groups is 1. The molecule has 0 radical (unpaired) electrons. The fourth-order valence-corrected chi connectivity index (χ4v) is 5.88. The van der Waals surface area contributed by atoms with Crippen molar-refractivity contribution >= 4 is 11.6 Å². The van der Waals surface area contributed by atoms with Gasteiger partial charge in [0.05, 0.1) is 29.8 Å². The van der Waals surface area contributed by atoms with Crippen molar-refractivity contribution in [2.45, 2.75) is 50.7 Å². The number of aliphatic hydroxyl groups excluding tert-OH is 1. The largest absolute Gasteiger partial charge is 0.416 e. The van der Waals surface area contributed by atoms with E-state index >= 15 is 0 Å². The highest BCUT2D eigenvalue weighted by molar-refractivity contribution is 6.10. The molecule has 1 aromatic heterocycles. The van der Waals surface area contributed by atoms with Crippen molar-refractivity contribution in [2.24, 2.45) is 7.05 Å². The zero-order chi connectivity index (χ0) is 29.6. The molecule has 4 aromatic rings. The number of hydrogen-bond acceptors (Lipinski definition) is 6. The van der Waals surface area contributed by atoms with Crippen LogP contribution in [0.5, 0.6) is 0 Å². The summed E-state index contributed by atoms with van der Waals surface area (Å²) in [5.41, 5.74) is 2.46. The van der Waals surface area contributed by atoms with Gasteiger partial charge in [0.25, 0.3) is 5.91 Å². The molecule has 0 bridgehead atoms. The first-order chi connectivity index (χ1) is 20.1. The highest BCUT2D eigenvalue weighted by atomic mass is 19.4. The lowest BCUT2D eigenvalue weighted by molar-refractivity contribution is -0.138. The zero-order valence-corrected chi connectivity index (χ0v) is 22.7. The molecule has 214 valence electrons. The minimum Gasteiger partial charge on any atom is -0.392 e. The van der Waals surface area contributed by atoms with Crippen molar-refractivity contribution in [1.29, 1.82) is 5.26 Å². The van der Waals surface area contributed by atoms with Crippen LogP contribution >= 0.6 is 0 Å². The van der Waals surface area contributed by atoms with E-state index in [1.165, 1.54) is 11.0 Å². The van der Waals surface area contributed by atoms with Crippen molar-refractivity contribution in [1.82, 2.24) is 20.1 Å². The minimum atomic E-state index is -4.64. The van der Waals surface area contributed by atoms with Gasteiger partial charge in [0.15, 0.2) is 5.82 Å². The Labute approximate surface area is 240 Å². The average Bonchev–Trinajstić information content (AvgIpc) is 3.69. The summed E-state index contributed by atoms with van der Waals surface area (Å²) in [7, 11) is 1.78. The number of nitriles is 1. The molecule has 1 aliphatic heterocycles. The maximum atomic E-state index is 14.2. The molecule has 2 N–H and O–H groups in total. The average molecular weight is 573 g/mol. The molecule has 0 spiro atoms. The molecule has 11 heteroatoms. The summed E-state index contributed by atoms with van der Waals surface area (Å²) in [6.45, 7) is -0.102. The van der Waals surface area contributed by atoms with Crippen LogP contribution in [0.3, 0.4) is 0 Å². The molecular formula is C31H27F3N6O2. The van der Waals surface area contributed by atoms with Gasteiger partial charge in [0.2, 0.25) is 0 Å². The summed E-state index contributed by atoms with van der Waals surface area (Å²) < 4.78 is 44.4. The molecule has 1 amide bonds. The number of benzene rings is 3. The van der Waals surface area contributed by atoms with Gasteiger partial charge in [-0.05, 0) is 77.9 Å². The zero-order valence-electron chi connectivity index (χ0n) is 22.7. The van der Waals surface area contributed by atoms with Gasteiger partial charge >= 0.3 is 6.18 Å². The first-order valence-corrected chi connectivity index (χ1v) is 13.6. The van der Waals surface area contributed by atoms with Gasteiger partial charge in [0.1, 0.15) is 6.33 Å². The molecule has 1 saturated carbocycles. The van der Waals surface area contributed by atoms with E-state index in [-0.39, 0.29) is 30.3 Å². The smallest absolute Gasteiger partial charge is 0.392 e. The molecule has 8 nitrogen and oxygen atoms in total. The topological polar surface area (TPSA) is 107 Å². The van der Waals surface area contributed by atoms with Crippen molar-refractivity contribution < 1.29 is 23.1 Å². The van der Waals surface area contributed by atoms with Crippen LogP contribution in [0.2, 0.25) is 0 Å². The van der Waals surface area contributed by atoms with E-state index in [2.05, 4.69) is 21.6 Å². The van der Waals surface area contributed by atoms with Crippen LogP contribution in [-0.4, -0.2) is 37.9 Å². The van der Waals surface area contributed by atoms with Crippen LogP contribution < -0.4 is 10.2 Å². The number of hydrogen-bond donors (Lipinski definition) is 2. The van der Waals surface area contributed by atoms with E-state index in [9.17, 15) is 28.3 Å². The van der Waals surface area contributed by atoms with Crippen molar-refractivity contribution in [2.75, 3.05) is 4.90 Å². The number of fused-ring (bicyclic) bond motifs is 1. The number of nitrogens with zero attached hydrogens (tertiary/aromatic N) is 5. The predicted molar refractivity (Wildman–Crippen MR) is 149 cm³/mol. The van der Waals surface area contributed by atoms with Crippen LogP contribution in [0, 0.1) is 11.3 Å². The second-order valence-electron chi connectivity index (χ2n) is 10.7. The van der Waals surface area contributed by atoms with Crippen molar-refractivity contribution in [3.8, 4) is 28.6 Å². The maximum absolute atomic E-state index is 14.2. The Kier molecular flexibility index (Phi) is 7.04. The SMILES string of the molecule is Cn1cnnc1-c1cc(C#N)ccc1-c1cccc(N2Cc3c(cc(CN[C@@H]4CCC[C@@H]4O)cc3C(F)(F)F)C2=O)c1. The number of anilines is 1. The van der Waals surface area contributed by atoms with E-state index in [1.807, 2.05) is 6.07 Å². The first-order valence-electron chi connectivity index (χ1n) is 13.6. The molecule has 1 fully saturated rings. The van der Waals surface area contributed by atoms with Crippen molar-refractivity contribution in [3.63, 3.8) is 0 Å². The number of amides is 1. The molecule has 1 aliphatic carbocycles. The summed E-state index contributed by atoms with van der Waals surface area (Å²) >= 11 is 0. The van der Waals surface area contributed by atoms with Gasteiger partial charge in [-0.1, -0.05) is 18.2 Å². The number of aryl methyl sites for hydroxylation is 1. The Balaban J connectivity index is 1.35. The van der Waals surface area contributed by atoms with Crippen LogP contribution in [0.25, 0.3) is 22.5 Å². The van der Waals surface area contributed by atoms with E-state index in [1.54, 1.807) is 54.3 Å². The second-order valence-corrected chi connectivity index (χ2v) is 10.7. The summed E-state index contributed by atoms with van der Waals surface area (Å²) in [6.07, 6.45) is -1.36. The Morgan fingerprint density at radius 1 is 1.10 bits per heavy atom. The molecule has 2 atom stereocenters. The first kappa shape index (κ1) is 27.6. The summed E-state index contributed by atoms with van der Waals surface area (Å²) in [5, 5.41) is 30.8. The number of aliphatic hydroxyl groups is 1. The van der Waals surface area contributed by atoms with Gasteiger partial charge in [-0.15, -0.1) is 10.2 Å². The second kappa shape index (κ2) is 10.7. The van der Waals surface area contributed by atoms with E-state index in [0.29, 0.717) is 40.2 Å². The molecule has 0 saturated heterocycles. The van der Waals surface area contributed by atoms with E-state index in [4.69, 9.17) is 0 Å². The number of halogens is 3. The van der Waals surface area contributed by atoms with Gasteiger partial charge < -0.3 is 19.9 Å². The number of carbonyl (C=O) groups excluding carboxylic acids is 1. The standard InChI is InChI=1S/C31H27F3N6O2/c1-39-17-37-38-29(39)23-10-18(14-35)8-9-22(23)20-4-2-5-21(13-20)40-16-25-24(30(40)42)11-19(12-26(25)31(32,33)34)15-36-27-6-3-7-28(27)41/h2,4-5,8-13,17,27-28,36,41H,3,6-7,15-16H2,1H3/t27-,28+/m1/s1. The monoisotopic (exact) mass is 572 g/mol. The molecule has 42 heavy (non-hydrogen) atoms. The number of nitrogens with one attached hydrogen (secondary N) is 1. The lowest BCUT2D eigenvalue weighted by Crippen LogP contribution is -2.35. The predicted octanol–water partition coefficient (Wildman–Crippen LogP) is 5.20. The van der Waals surface area contributed by atoms with E-state index < -0.39 is 23.8 Å². The Morgan fingerprint density at radius 3 is 2.62 bits per heavy atom. The van der Waals surface area contributed by atoms with Gasteiger partial charge in [0, 0.05) is 36.4 Å². The van der Waals surface area contributed by atoms with Crippen LogP contribution in [0.4, 0.5) is 18.9 Å². The fraction of sp³-hybridized carbons (Fsp3) is 0.290. The Bertz CT molecular complexity index is 1720. The highest BCUT2D eigenvalue weighted by Crippen LogP contribution is 2.41. The van der Waals surface area contributed by atoms with Crippen LogP contribution in [0.1, 0.15) is 51.9 Å². The Hall–Kier alpha value is -4.53. The maximum Gasteiger partial charge on any atom is 0.416 e. The van der Waals surface area contributed by atoms with Crippen LogP contribution in [0.15, 0.2) is 60.9 Å². The number of alkyl halides is 3. The summed E-state index contributed by atoms with van der Waals surface area (Å²) in [5.74, 6) is 0.0296. The van der Waals surface area contributed by atoms with Gasteiger partial charge in [-0.3, -0.25) is 4.79 Å². The highest BCUT2D eigenvalue weighted by Gasteiger charge is 2.40. The molecular weight excluding hydrogens is 545 g/mol. The number of rotatable bonds is 6. The molecule has 0 unspecified atom stereocenters. The molecule has 3 aromatic carbocycles. The summed E-state index contributed by atoms with van der Waals surface area (Å²) in [4.78, 5) is 15.0. The van der Waals surface area contributed by atoms with Gasteiger partial charge in [-0.2, -0.15) is 18.4 Å². The minimum absolute atomic E-state index is 0.0251. The number of aromatic nitrogens is 3. The quantitative estimate of drug-likeness (QED) is 0.329. The van der Waals surface area contributed by atoms with E-state index in [0.717, 1.165) is 24.5 Å². The third-order valence-corrected chi connectivity index (χ3v) is 8.02. The third-order valence-electron chi connectivity index (χ3n) is 8.02. The normalized spacial score (nSPS) is 18.4. The van der Waals surface area contributed by atoms with Crippen molar-refractivity contribution in [3.05, 3.63) is 88.7 Å². The van der Waals surface area contributed by atoms with Crippen LogP contribution in [-0.2, 0) is 26.3 Å². The summed E-state index contributed by atoms with van der Waals surface area (Å²) in [6, 6.07) is 16.8. The third kappa shape index (κ3) is 5.04. The fourth-order valence-electron chi connectivity index (χ4n) is 5.88. The molecule has 6 rings (SSSR count).